The molecule has 4 aromatic rings. The summed E-state index contributed by atoms with van der Waals surface area (Å²) in [6, 6.07) is 17.3. The molecule has 0 atom stereocenters. The minimum atomic E-state index is -0.102. The number of imidazole rings is 1. The molecule has 0 radical (unpaired) electrons. The zero-order valence-electron chi connectivity index (χ0n) is 14.2. The van der Waals surface area contributed by atoms with Crippen LogP contribution in [0.2, 0.25) is 0 Å². The maximum atomic E-state index is 11.5. The summed E-state index contributed by atoms with van der Waals surface area (Å²) in [4.78, 5) is 18.5. The van der Waals surface area contributed by atoms with Crippen LogP contribution in [0.15, 0.2) is 78.1 Å². The number of H-pyrrole nitrogens is 1. The average molecular weight is 343 g/mol. The molecule has 2 aromatic heterocycles. The van der Waals surface area contributed by atoms with Crippen LogP contribution in [0.5, 0.6) is 5.75 Å². The van der Waals surface area contributed by atoms with Gasteiger partial charge in [0.1, 0.15) is 5.75 Å². The Morgan fingerprint density at radius 1 is 1.08 bits per heavy atom. The maximum Gasteiger partial charge on any atom is 0.248 e. The highest BCUT2D eigenvalue weighted by Gasteiger charge is 2.08. The number of ether oxygens (including phenoxy) is 1. The van der Waals surface area contributed by atoms with Gasteiger partial charge in [0, 0.05) is 35.7 Å². The van der Waals surface area contributed by atoms with Gasteiger partial charge in [-0.25, -0.2) is 4.98 Å². The first-order chi connectivity index (χ1) is 12.7. The second kappa shape index (κ2) is 6.72. The van der Waals surface area contributed by atoms with E-state index in [2.05, 4.69) is 16.0 Å². The number of aromatic nitrogens is 3. The summed E-state index contributed by atoms with van der Waals surface area (Å²) in [5.74, 6) is 0.812. The van der Waals surface area contributed by atoms with Crippen LogP contribution in [0.4, 0.5) is 0 Å². The molecule has 2 heterocycles. The van der Waals surface area contributed by atoms with Gasteiger partial charge in [0.05, 0.1) is 13.4 Å². The molecule has 0 bridgehead atoms. The first-order valence-electron chi connectivity index (χ1n) is 8.20. The third-order valence-corrected chi connectivity index (χ3v) is 4.24. The quantitative estimate of drug-likeness (QED) is 0.613. The standard InChI is InChI=1S/C21H17N3O2/c1-26-18-6-2-15(3-7-18)19(13-24-11-10-22-14-24)16-4-8-20-17(12-16)5-9-21(25)23-20/h2-14H,1H3,(H,23,25). The van der Waals surface area contributed by atoms with E-state index >= 15 is 0 Å². The van der Waals surface area contributed by atoms with Gasteiger partial charge in [-0.2, -0.15) is 0 Å². The number of aromatic amines is 1. The fourth-order valence-electron chi connectivity index (χ4n) is 2.90. The van der Waals surface area contributed by atoms with Crippen molar-refractivity contribution < 1.29 is 4.74 Å². The van der Waals surface area contributed by atoms with Gasteiger partial charge in [-0.05, 0) is 46.8 Å². The number of benzene rings is 2. The molecule has 0 spiro atoms. The van der Waals surface area contributed by atoms with E-state index in [1.54, 1.807) is 25.7 Å². The number of hydrogen-bond acceptors (Lipinski definition) is 3. The molecule has 26 heavy (non-hydrogen) atoms. The highest BCUT2D eigenvalue weighted by molar-refractivity contribution is 5.91. The Labute approximate surface area is 150 Å². The number of fused-ring (bicyclic) bond motifs is 1. The normalized spacial score (nSPS) is 11.7. The lowest BCUT2D eigenvalue weighted by molar-refractivity contribution is 0.415. The largest absolute Gasteiger partial charge is 0.497 e. The van der Waals surface area contributed by atoms with Gasteiger partial charge < -0.3 is 14.3 Å². The zero-order chi connectivity index (χ0) is 17.9. The number of methoxy groups -OCH3 is 1. The van der Waals surface area contributed by atoms with Crippen molar-refractivity contribution in [1.29, 1.82) is 0 Å². The fraction of sp³-hybridized carbons (Fsp3) is 0.0476. The fourth-order valence-corrected chi connectivity index (χ4v) is 2.90. The van der Waals surface area contributed by atoms with Crippen molar-refractivity contribution in [3.63, 3.8) is 0 Å². The topological polar surface area (TPSA) is 59.9 Å². The first kappa shape index (κ1) is 15.9. The van der Waals surface area contributed by atoms with Gasteiger partial charge in [0.25, 0.3) is 0 Å². The molecule has 0 unspecified atom stereocenters. The van der Waals surface area contributed by atoms with Gasteiger partial charge >= 0.3 is 0 Å². The Morgan fingerprint density at radius 3 is 2.62 bits per heavy atom. The summed E-state index contributed by atoms with van der Waals surface area (Å²) in [7, 11) is 1.65. The summed E-state index contributed by atoms with van der Waals surface area (Å²) in [6.07, 6.45) is 7.42. The third-order valence-electron chi connectivity index (χ3n) is 4.24. The smallest absolute Gasteiger partial charge is 0.248 e. The van der Waals surface area contributed by atoms with E-state index in [0.717, 1.165) is 33.4 Å². The second-order valence-electron chi connectivity index (χ2n) is 5.91. The molecule has 2 aromatic carbocycles. The molecule has 0 aliphatic carbocycles. The minimum Gasteiger partial charge on any atom is -0.497 e. The van der Waals surface area contributed by atoms with E-state index in [9.17, 15) is 4.79 Å². The lowest BCUT2D eigenvalue weighted by Crippen LogP contribution is -2.02. The van der Waals surface area contributed by atoms with Crippen LogP contribution in [-0.2, 0) is 0 Å². The second-order valence-corrected chi connectivity index (χ2v) is 5.91. The zero-order valence-corrected chi connectivity index (χ0v) is 14.2. The van der Waals surface area contributed by atoms with Crippen LogP contribution in [-0.4, -0.2) is 21.6 Å². The van der Waals surface area contributed by atoms with Crippen LogP contribution in [0, 0.1) is 0 Å². The minimum absolute atomic E-state index is 0.102. The van der Waals surface area contributed by atoms with Crippen LogP contribution in [0.1, 0.15) is 11.1 Å². The summed E-state index contributed by atoms with van der Waals surface area (Å²) >= 11 is 0. The SMILES string of the molecule is COc1ccc(C(=Cn2ccnc2)c2ccc3[nH]c(=O)ccc3c2)cc1. The van der Waals surface area contributed by atoms with Crippen molar-refractivity contribution in [2.45, 2.75) is 0 Å². The number of nitrogens with one attached hydrogen (secondary N) is 1. The van der Waals surface area contributed by atoms with Crippen molar-refractivity contribution in [2.24, 2.45) is 0 Å². The first-order valence-corrected chi connectivity index (χ1v) is 8.20. The molecule has 0 saturated carbocycles. The molecule has 1 N–H and O–H groups in total. The molecule has 0 aliphatic heterocycles. The van der Waals surface area contributed by atoms with Crippen molar-refractivity contribution in [3.05, 3.63) is 94.8 Å². The molecule has 4 rings (SSSR count). The molecule has 0 fully saturated rings. The predicted molar refractivity (Wildman–Crippen MR) is 103 cm³/mol. The number of hydrogen-bond donors (Lipinski definition) is 1. The van der Waals surface area contributed by atoms with Crippen LogP contribution in [0.25, 0.3) is 22.7 Å². The van der Waals surface area contributed by atoms with Gasteiger partial charge in [-0.1, -0.05) is 18.2 Å². The van der Waals surface area contributed by atoms with E-state index in [-0.39, 0.29) is 5.56 Å². The predicted octanol–water partition coefficient (Wildman–Crippen LogP) is 3.78. The summed E-state index contributed by atoms with van der Waals surface area (Å²) in [5, 5.41) is 0.979. The van der Waals surface area contributed by atoms with E-state index in [1.807, 2.05) is 59.4 Å². The van der Waals surface area contributed by atoms with Gasteiger partial charge in [-0.3, -0.25) is 4.79 Å². The lowest BCUT2D eigenvalue weighted by Gasteiger charge is -2.11. The molecule has 128 valence electrons. The van der Waals surface area contributed by atoms with Crippen LogP contribution in [0.3, 0.4) is 0 Å². The highest BCUT2D eigenvalue weighted by atomic mass is 16.5. The van der Waals surface area contributed by atoms with E-state index in [4.69, 9.17) is 4.74 Å². The van der Waals surface area contributed by atoms with Crippen molar-refractivity contribution in [2.75, 3.05) is 7.11 Å². The monoisotopic (exact) mass is 343 g/mol. The molecular weight excluding hydrogens is 326 g/mol. The van der Waals surface area contributed by atoms with E-state index < -0.39 is 0 Å². The molecule has 0 aliphatic rings. The summed E-state index contributed by atoms with van der Waals surface area (Å²) in [5.41, 5.74) is 3.86. The van der Waals surface area contributed by atoms with Gasteiger partial charge in [0.15, 0.2) is 0 Å². The summed E-state index contributed by atoms with van der Waals surface area (Å²) in [6.45, 7) is 0. The Kier molecular flexibility index (Phi) is 4.11. The third kappa shape index (κ3) is 3.15. The summed E-state index contributed by atoms with van der Waals surface area (Å²) < 4.78 is 7.17. The Balaban J connectivity index is 1.87. The number of rotatable bonds is 4. The van der Waals surface area contributed by atoms with E-state index in [0.29, 0.717) is 0 Å². The molecule has 5 nitrogen and oxygen atoms in total. The molecule has 0 saturated heterocycles. The number of pyridine rings is 1. The van der Waals surface area contributed by atoms with Crippen molar-refractivity contribution >= 4 is 22.7 Å². The molecule has 0 amide bonds. The Morgan fingerprint density at radius 2 is 1.88 bits per heavy atom. The number of nitrogens with zero attached hydrogens (tertiary/aromatic N) is 2. The Hall–Kier alpha value is -3.60. The van der Waals surface area contributed by atoms with Crippen molar-refractivity contribution in [3.8, 4) is 5.75 Å². The Bertz CT molecular complexity index is 1120. The molecule has 5 heteroatoms. The van der Waals surface area contributed by atoms with Gasteiger partial charge in [0.2, 0.25) is 5.56 Å². The highest BCUT2D eigenvalue weighted by Crippen LogP contribution is 2.28. The van der Waals surface area contributed by atoms with E-state index in [1.165, 1.54) is 0 Å². The lowest BCUT2D eigenvalue weighted by atomic mass is 9.97. The van der Waals surface area contributed by atoms with Crippen LogP contribution < -0.4 is 10.3 Å². The molecular formula is C21H17N3O2. The van der Waals surface area contributed by atoms with Crippen molar-refractivity contribution in [1.82, 2.24) is 14.5 Å². The van der Waals surface area contributed by atoms with Gasteiger partial charge in [-0.15, -0.1) is 0 Å². The maximum absolute atomic E-state index is 11.5. The van der Waals surface area contributed by atoms with Crippen LogP contribution >= 0.6 is 0 Å². The average Bonchev–Trinajstić information content (AvgIpc) is 3.19.